The van der Waals surface area contributed by atoms with Crippen LogP contribution in [-0.2, 0) is 13.0 Å². The van der Waals surface area contributed by atoms with E-state index in [1.807, 2.05) is 5.38 Å². The lowest BCUT2D eigenvalue weighted by molar-refractivity contribution is 0.823. The van der Waals surface area contributed by atoms with Crippen LogP contribution >= 0.6 is 35.3 Å². The highest BCUT2D eigenvalue weighted by Crippen LogP contribution is 2.10. The Hall–Kier alpha value is -0.370. The first-order chi connectivity index (χ1) is 7.26. The molecule has 0 saturated heterocycles. The molecule has 0 amide bonds. The predicted octanol–water partition coefficient (Wildman–Crippen LogP) is 2.14. The van der Waals surface area contributed by atoms with E-state index in [0.717, 1.165) is 30.1 Å². The molecule has 0 unspecified atom stereocenters. The fourth-order valence-corrected chi connectivity index (χ4v) is 1.80. The van der Waals surface area contributed by atoms with Crippen LogP contribution in [0.3, 0.4) is 0 Å². The van der Waals surface area contributed by atoms with Gasteiger partial charge in [0, 0.05) is 11.9 Å². The summed E-state index contributed by atoms with van der Waals surface area (Å²) in [7, 11) is 0. The van der Waals surface area contributed by atoms with Crippen molar-refractivity contribution < 1.29 is 0 Å². The molecule has 1 aromatic heterocycles. The number of nitrogens with two attached hydrogens (primary N) is 1. The average molecular weight is 354 g/mol. The van der Waals surface area contributed by atoms with Gasteiger partial charge in [-0.25, -0.2) is 9.98 Å². The van der Waals surface area contributed by atoms with E-state index in [2.05, 4.69) is 29.1 Å². The molecule has 0 bridgehead atoms. The number of halogens is 1. The molecule has 0 aliphatic heterocycles. The third-order valence-electron chi connectivity index (χ3n) is 1.87. The molecule has 0 aliphatic carbocycles. The van der Waals surface area contributed by atoms with E-state index in [1.165, 1.54) is 0 Å². The van der Waals surface area contributed by atoms with Crippen LogP contribution in [-0.4, -0.2) is 17.5 Å². The van der Waals surface area contributed by atoms with Crippen molar-refractivity contribution in [3.8, 4) is 0 Å². The van der Waals surface area contributed by atoms with E-state index >= 15 is 0 Å². The second kappa shape index (κ2) is 8.74. The fraction of sp³-hybridized carbons (Fsp3) is 0.600. The molecule has 0 aromatic carbocycles. The zero-order valence-electron chi connectivity index (χ0n) is 9.69. The number of rotatable bonds is 5. The maximum absolute atomic E-state index is 5.66. The SMILES string of the molecule is CCCNC(N)=NCc1csc(CC)n1.I. The topological polar surface area (TPSA) is 63.3 Å². The van der Waals surface area contributed by atoms with Crippen molar-refractivity contribution >= 4 is 41.3 Å². The van der Waals surface area contributed by atoms with Gasteiger partial charge in [0.25, 0.3) is 0 Å². The van der Waals surface area contributed by atoms with Crippen LogP contribution in [0.2, 0.25) is 0 Å². The lowest BCUT2D eigenvalue weighted by Crippen LogP contribution is -2.32. The minimum Gasteiger partial charge on any atom is -0.370 e. The van der Waals surface area contributed by atoms with Gasteiger partial charge in [-0.1, -0.05) is 13.8 Å². The fourth-order valence-electron chi connectivity index (χ4n) is 1.06. The summed E-state index contributed by atoms with van der Waals surface area (Å²) < 4.78 is 0. The Morgan fingerprint density at radius 1 is 1.56 bits per heavy atom. The molecule has 4 nitrogen and oxygen atoms in total. The van der Waals surface area contributed by atoms with Gasteiger partial charge in [-0.3, -0.25) is 0 Å². The zero-order valence-corrected chi connectivity index (χ0v) is 12.8. The lowest BCUT2D eigenvalue weighted by atomic mass is 10.4. The Labute approximate surface area is 118 Å². The number of hydrogen-bond donors (Lipinski definition) is 2. The number of hydrogen-bond acceptors (Lipinski definition) is 3. The Morgan fingerprint density at radius 3 is 2.88 bits per heavy atom. The molecule has 0 fully saturated rings. The summed E-state index contributed by atoms with van der Waals surface area (Å²) in [6.45, 7) is 5.63. The highest BCUT2D eigenvalue weighted by molar-refractivity contribution is 14.0. The zero-order chi connectivity index (χ0) is 11.1. The third kappa shape index (κ3) is 5.64. The van der Waals surface area contributed by atoms with Gasteiger partial charge in [0.05, 0.1) is 17.2 Å². The molecule has 0 aliphatic rings. The monoisotopic (exact) mass is 354 g/mol. The largest absolute Gasteiger partial charge is 0.370 e. The molecule has 1 aromatic rings. The van der Waals surface area contributed by atoms with Crippen molar-refractivity contribution in [1.29, 1.82) is 0 Å². The summed E-state index contributed by atoms with van der Waals surface area (Å²) in [6.07, 6.45) is 2.03. The Morgan fingerprint density at radius 2 is 2.31 bits per heavy atom. The molecule has 0 spiro atoms. The normalized spacial score (nSPS) is 11.0. The molecule has 1 rings (SSSR count). The smallest absolute Gasteiger partial charge is 0.188 e. The van der Waals surface area contributed by atoms with Crippen molar-refractivity contribution in [3.63, 3.8) is 0 Å². The summed E-state index contributed by atoms with van der Waals surface area (Å²) in [5.41, 5.74) is 6.66. The molecule has 6 heteroatoms. The minimum absolute atomic E-state index is 0. The number of guanidine groups is 1. The number of aryl methyl sites for hydroxylation is 1. The predicted molar refractivity (Wildman–Crippen MR) is 80.5 cm³/mol. The van der Waals surface area contributed by atoms with Gasteiger partial charge in [-0.15, -0.1) is 35.3 Å². The maximum atomic E-state index is 5.66. The van der Waals surface area contributed by atoms with Crippen LogP contribution in [0.25, 0.3) is 0 Å². The molecule has 0 radical (unpaired) electrons. The van der Waals surface area contributed by atoms with Crippen LogP contribution in [0.5, 0.6) is 0 Å². The van der Waals surface area contributed by atoms with Gasteiger partial charge in [0.2, 0.25) is 0 Å². The van der Waals surface area contributed by atoms with E-state index in [1.54, 1.807) is 11.3 Å². The van der Waals surface area contributed by atoms with Gasteiger partial charge >= 0.3 is 0 Å². The summed E-state index contributed by atoms with van der Waals surface area (Å²) in [5, 5.41) is 6.22. The number of nitrogens with one attached hydrogen (secondary N) is 1. The standard InChI is InChI=1S/C10H18N4S.HI/c1-3-5-12-10(11)13-6-8-7-15-9(4-2)14-8;/h7H,3-6H2,1-2H3,(H3,11,12,13);1H. The van der Waals surface area contributed by atoms with E-state index < -0.39 is 0 Å². The minimum atomic E-state index is 0. The number of aliphatic imine (C=N–C) groups is 1. The Balaban J connectivity index is 0.00000225. The first kappa shape index (κ1) is 15.6. The molecular weight excluding hydrogens is 335 g/mol. The summed E-state index contributed by atoms with van der Waals surface area (Å²) in [6, 6.07) is 0. The van der Waals surface area contributed by atoms with Crippen LogP contribution in [0, 0.1) is 0 Å². The molecule has 16 heavy (non-hydrogen) atoms. The number of aromatic nitrogens is 1. The first-order valence-corrected chi connectivity index (χ1v) is 6.11. The van der Waals surface area contributed by atoms with Crippen molar-refractivity contribution in [2.24, 2.45) is 10.7 Å². The first-order valence-electron chi connectivity index (χ1n) is 5.23. The van der Waals surface area contributed by atoms with Gasteiger partial charge < -0.3 is 11.1 Å². The van der Waals surface area contributed by atoms with Crippen molar-refractivity contribution in [2.45, 2.75) is 33.2 Å². The van der Waals surface area contributed by atoms with Crippen LogP contribution < -0.4 is 11.1 Å². The van der Waals surface area contributed by atoms with Crippen molar-refractivity contribution in [3.05, 3.63) is 16.1 Å². The molecule has 3 N–H and O–H groups in total. The molecule has 0 saturated carbocycles. The van der Waals surface area contributed by atoms with Crippen LogP contribution in [0.4, 0.5) is 0 Å². The molecule has 0 atom stereocenters. The summed E-state index contributed by atoms with van der Waals surface area (Å²) >= 11 is 1.68. The van der Waals surface area contributed by atoms with E-state index in [4.69, 9.17) is 5.73 Å². The summed E-state index contributed by atoms with van der Waals surface area (Å²) in [4.78, 5) is 8.62. The van der Waals surface area contributed by atoms with Gasteiger partial charge in [-0.05, 0) is 12.8 Å². The van der Waals surface area contributed by atoms with Crippen molar-refractivity contribution in [2.75, 3.05) is 6.54 Å². The second-order valence-electron chi connectivity index (χ2n) is 3.21. The van der Waals surface area contributed by atoms with Crippen LogP contribution in [0.1, 0.15) is 31.0 Å². The average Bonchev–Trinajstić information content (AvgIpc) is 2.71. The Kier molecular flexibility index (Phi) is 8.54. The van der Waals surface area contributed by atoms with Crippen LogP contribution in [0.15, 0.2) is 10.4 Å². The quantitative estimate of drug-likeness (QED) is 0.484. The third-order valence-corrected chi connectivity index (χ3v) is 2.91. The molecule has 1 heterocycles. The van der Waals surface area contributed by atoms with E-state index in [-0.39, 0.29) is 24.0 Å². The summed E-state index contributed by atoms with van der Waals surface area (Å²) in [5.74, 6) is 0.503. The van der Waals surface area contributed by atoms with Gasteiger partial charge in [-0.2, -0.15) is 0 Å². The highest BCUT2D eigenvalue weighted by atomic mass is 127. The van der Waals surface area contributed by atoms with Gasteiger partial charge in [0.1, 0.15) is 0 Å². The number of thiazole rings is 1. The molecular formula is C10H19IN4S. The van der Waals surface area contributed by atoms with E-state index in [0.29, 0.717) is 12.5 Å². The second-order valence-corrected chi connectivity index (χ2v) is 4.16. The van der Waals surface area contributed by atoms with Crippen molar-refractivity contribution in [1.82, 2.24) is 10.3 Å². The molecule has 92 valence electrons. The maximum Gasteiger partial charge on any atom is 0.188 e. The lowest BCUT2D eigenvalue weighted by Gasteiger charge is -2.01. The number of nitrogens with zero attached hydrogens (tertiary/aromatic N) is 2. The van der Waals surface area contributed by atoms with E-state index in [9.17, 15) is 0 Å². The Bertz CT molecular complexity index is 324. The van der Waals surface area contributed by atoms with Gasteiger partial charge in [0.15, 0.2) is 5.96 Å². The highest BCUT2D eigenvalue weighted by Gasteiger charge is 1.99.